The van der Waals surface area contributed by atoms with Gasteiger partial charge < -0.3 is 5.32 Å². The number of rotatable bonds is 8. The Hall–Kier alpha value is -2.31. The van der Waals surface area contributed by atoms with E-state index >= 15 is 0 Å². The lowest BCUT2D eigenvalue weighted by Gasteiger charge is -2.18. The molecule has 0 aliphatic rings. The Balaban J connectivity index is 1.76. The third kappa shape index (κ3) is 5.24. The van der Waals surface area contributed by atoms with Crippen LogP contribution in [-0.2, 0) is 11.3 Å². The number of nitrogens with one attached hydrogen (secondary N) is 1. The van der Waals surface area contributed by atoms with Crippen LogP contribution in [0.1, 0.15) is 38.7 Å². The van der Waals surface area contributed by atoms with E-state index in [4.69, 9.17) is 11.6 Å². The highest BCUT2D eigenvalue weighted by atomic mass is 35.5. The zero-order valence-electron chi connectivity index (χ0n) is 17.4. The van der Waals surface area contributed by atoms with Crippen molar-refractivity contribution in [2.45, 2.75) is 50.1 Å². The van der Waals surface area contributed by atoms with Crippen molar-refractivity contribution in [1.82, 2.24) is 14.9 Å². The SMILES string of the molecule is CCCn1c(S[C@H](C)C(=O)NC[C@@H](C)c2ccccc2)nc2cc(Cl)ccc2c1=O. The van der Waals surface area contributed by atoms with E-state index in [2.05, 4.69) is 29.4 Å². The summed E-state index contributed by atoms with van der Waals surface area (Å²) in [5.41, 5.74) is 1.63. The van der Waals surface area contributed by atoms with Crippen molar-refractivity contribution in [1.29, 1.82) is 0 Å². The predicted octanol–water partition coefficient (Wildman–Crippen LogP) is 4.86. The van der Waals surface area contributed by atoms with Gasteiger partial charge >= 0.3 is 0 Å². The summed E-state index contributed by atoms with van der Waals surface area (Å²) in [4.78, 5) is 30.3. The summed E-state index contributed by atoms with van der Waals surface area (Å²) in [6, 6.07) is 15.2. The first-order valence-electron chi connectivity index (χ1n) is 10.1. The first-order chi connectivity index (χ1) is 14.4. The average molecular weight is 444 g/mol. The minimum atomic E-state index is -0.389. The highest BCUT2D eigenvalue weighted by molar-refractivity contribution is 8.00. The molecule has 7 heteroatoms. The van der Waals surface area contributed by atoms with Gasteiger partial charge in [-0.1, -0.05) is 67.5 Å². The molecule has 2 aromatic carbocycles. The number of hydrogen-bond donors (Lipinski definition) is 1. The molecule has 3 aromatic rings. The molecule has 0 aliphatic carbocycles. The lowest BCUT2D eigenvalue weighted by Crippen LogP contribution is -2.34. The van der Waals surface area contributed by atoms with Gasteiger partial charge in [-0.3, -0.25) is 14.2 Å². The number of halogens is 1. The third-order valence-electron chi connectivity index (χ3n) is 4.93. The van der Waals surface area contributed by atoms with Gasteiger partial charge in [0.2, 0.25) is 5.91 Å². The fourth-order valence-electron chi connectivity index (χ4n) is 3.19. The molecular weight excluding hydrogens is 418 g/mol. The van der Waals surface area contributed by atoms with Gasteiger partial charge in [0.25, 0.3) is 5.56 Å². The molecule has 1 N–H and O–H groups in total. The average Bonchev–Trinajstić information content (AvgIpc) is 2.74. The second kappa shape index (κ2) is 10.1. The van der Waals surface area contributed by atoms with Crippen molar-refractivity contribution in [3.63, 3.8) is 0 Å². The fraction of sp³-hybridized carbons (Fsp3) is 0.348. The van der Waals surface area contributed by atoms with Gasteiger partial charge in [-0.05, 0) is 43.0 Å². The summed E-state index contributed by atoms with van der Waals surface area (Å²) in [5, 5.41) is 4.23. The summed E-state index contributed by atoms with van der Waals surface area (Å²) in [6.45, 7) is 7.02. The Morgan fingerprint density at radius 2 is 1.93 bits per heavy atom. The van der Waals surface area contributed by atoms with E-state index in [1.54, 1.807) is 22.8 Å². The second-order valence-corrected chi connectivity index (χ2v) is 9.07. The molecule has 2 atom stereocenters. The highest BCUT2D eigenvalue weighted by Crippen LogP contribution is 2.24. The predicted molar refractivity (Wildman–Crippen MR) is 124 cm³/mol. The monoisotopic (exact) mass is 443 g/mol. The van der Waals surface area contributed by atoms with Crippen molar-refractivity contribution in [3.05, 3.63) is 69.5 Å². The van der Waals surface area contributed by atoms with Gasteiger partial charge in [0.05, 0.1) is 16.2 Å². The summed E-state index contributed by atoms with van der Waals surface area (Å²) >= 11 is 7.38. The van der Waals surface area contributed by atoms with Gasteiger partial charge in [-0.2, -0.15) is 0 Å². The lowest BCUT2D eigenvalue weighted by molar-refractivity contribution is -0.120. The number of nitrogens with zero attached hydrogens (tertiary/aromatic N) is 2. The number of aromatic nitrogens is 2. The molecule has 3 rings (SSSR count). The molecule has 0 unspecified atom stereocenters. The highest BCUT2D eigenvalue weighted by Gasteiger charge is 2.20. The van der Waals surface area contributed by atoms with Gasteiger partial charge in [0.1, 0.15) is 0 Å². The van der Waals surface area contributed by atoms with Crippen molar-refractivity contribution in [3.8, 4) is 0 Å². The van der Waals surface area contributed by atoms with E-state index in [1.165, 1.54) is 17.3 Å². The Bertz CT molecular complexity index is 1080. The van der Waals surface area contributed by atoms with E-state index in [0.717, 1.165) is 6.42 Å². The first-order valence-corrected chi connectivity index (χ1v) is 11.4. The summed E-state index contributed by atoms with van der Waals surface area (Å²) < 4.78 is 1.65. The summed E-state index contributed by atoms with van der Waals surface area (Å²) in [6.07, 6.45) is 0.795. The maximum absolute atomic E-state index is 12.9. The maximum Gasteiger partial charge on any atom is 0.262 e. The quantitative estimate of drug-likeness (QED) is 0.399. The molecule has 1 amide bonds. The molecule has 5 nitrogen and oxygen atoms in total. The fourth-order valence-corrected chi connectivity index (χ4v) is 4.32. The van der Waals surface area contributed by atoms with Crippen molar-refractivity contribution < 1.29 is 4.79 Å². The van der Waals surface area contributed by atoms with E-state index in [-0.39, 0.29) is 22.6 Å². The second-order valence-electron chi connectivity index (χ2n) is 7.33. The number of thioether (sulfide) groups is 1. The molecule has 0 saturated carbocycles. The maximum atomic E-state index is 12.9. The number of fused-ring (bicyclic) bond motifs is 1. The van der Waals surface area contributed by atoms with Crippen LogP contribution in [0.4, 0.5) is 0 Å². The van der Waals surface area contributed by atoms with E-state index in [9.17, 15) is 9.59 Å². The molecule has 1 aromatic heterocycles. The number of carbonyl (C=O) groups is 1. The molecule has 0 bridgehead atoms. The Morgan fingerprint density at radius 1 is 1.20 bits per heavy atom. The molecular formula is C23H26ClN3O2S. The Kier molecular flexibility index (Phi) is 7.56. The van der Waals surface area contributed by atoms with Crippen molar-refractivity contribution in [2.75, 3.05) is 6.54 Å². The number of carbonyl (C=O) groups excluding carboxylic acids is 1. The molecule has 30 heavy (non-hydrogen) atoms. The minimum Gasteiger partial charge on any atom is -0.355 e. The number of benzene rings is 2. The van der Waals surface area contributed by atoms with E-state index in [0.29, 0.717) is 34.2 Å². The smallest absolute Gasteiger partial charge is 0.262 e. The lowest BCUT2D eigenvalue weighted by atomic mass is 10.0. The first kappa shape index (κ1) is 22.4. The zero-order valence-corrected chi connectivity index (χ0v) is 19.0. The van der Waals surface area contributed by atoms with Crippen LogP contribution in [0.25, 0.3) is 10.9 Å². The van der Waals surface area contributed by atoms with Crippen molar-refractivity contribution >= 4 is 40.2 Å². The molecule has 1 heterocycles. The van der Waals surface area contributed by atoms with Crippen LogP contribution in [0.15, 0.2) is 58.5 Å². The standard InChI is InChI=1S/C23H26ClN3O2S/c1-4-12-27-22(29)19-11-10-18(24)13-20(19)26-23(27)30-16(3)21(28)25-14-15(2)17-8-6-5-7-9-17/h5-11,13,15-16H,4,12,14H2,1-3H3,(H,25,28)/t15-,16-/m1/s1. The molecule has 0 saturated heterocycles. The third-order valence-corrected chi connectivity index (χ3v) is 6.26. The summed E-state index contributed by atoms with van der Waals surface area (Å²) in [5.74, 6) is 0.137. The normalized spacial score (nSPS) is 13.2. The van der Waals surface area contributed by atoms with E-state index in [1.807, 2.05) is 32.0 Å². The Morgan fingerprint density at radius 3 is 2.63 bits per heavy atom. The number of hydrogen-bond acceptors (Lipinski definition) is 4. The number of amides is 1. The van der Waals surface area contributed by atoms with Crippen LogP contribution in [-0.4, -0.2) is 27.3 Å². The van der Waals surface area contributed by atoms with Gasteiger partial charge in [-0.15, -0.1) is 0 Å². The Labute approximate surface area is 185 Å². The van der Waals surface area contributed by atoms with E-state index < -0.39 is 0 Å². The van der Waals surface area contributed by atoms with Crippen LogP contribution >= 0.6 is 23.4 Å². The van der Waals surface area contributed by atoms with Gasteiger partial charge in [0, 0.05) is 18.1 Å². The molecule has 0 fully saturated rings. The molecule has 0 spiro atoms. The largest absolute Gasteiger partial charge is 0.355 e. The van der Waals surface area contributed by atoms with Crippen molar-refractivity contribution in [2.24, 2.45) is 0 Å². The summed E-state index contributed by atoms with van der Waals surface area (Å²) in [7, 11) is 0. The van der Waals surface area contributed by atoms with Gasteiger partial charge in [-0.25, -0.2) is 4.98 Å². The van der Waals surface area contributed by atoms with Crippen LogP contribution in [0.5, 0.6) is 0 Å². The van der Waals surface area contributed by atoms with Crippen LogP contribution < -0.4 is 10.9 Å². The molecule has 0 aliphatic heterocycles. The molecule has 0 radical (unpaired) electrons. The van der Waals surface area contributed by atoms with Crippen LogP contribution in [0.3, 0.4) is 0 Å². The van der Waals surface area contributed by atoms with Crippen LogP contribution in [0.2, 0.25) is 5.02 Å². The van der Waals surface area contributed by atoms with Crippen LogP contribution in [0, 0.1) is 0 Å². The topological polar surface area (TPSA) is 64.0 Å². The zero-order chi connectivity index (χ0) is 21.7. The van der Waals surface area contributed by atoms with Gasteiger partial charge in [0.15, 0.2) is 5.16 Å². The molecule has 158 valence electrons. The minimum absolute atomic E-state index is 0.0775.